The molecule has 0 amide bonds. The van der Waals surface area contributed by atoms with Crippen molar-refractivity contribution in [1.82, 2.24) is 9.13 Å². The summed E-state index contributed by atoms with van der Waals surface area (Å²) in [4.78, 5) is 25.5. The Morgan fingerprint density at radius 2 is 1.82 bits per heavy atom. The van der Waals surface area contributed by atoms with E-state index >= 15 is 0 Å². The van der Waals surface area contributed by atoms with Gasteiger partial charge in [0.2, 0.25) is 0 Å². The van der Waals surface area contributed by atoms with Crippen molar-refractivity contribution in [2.75, 3.05) is 13.2 Å². The Hall–Kier alpha value is -3.22. The third-order valence-electron chi connectivity index (χ3n) is 4.67. The first-order valence-electron chi connectivity index (χ1n) is 9.22. The Morgan fingerprint density at radius 3 is 2.57 bits per heavy atom. The zero-order valence-electron chi connectivity index (χ0n) is 16.1. The molecule has 1 aliphatic heterocycles. The molecule has 0 spiro atoms. The highest BCUT2D eigenvalue weighted by molar-refractivity contribution is 6.00. The molecule has 4 rings (SSSR count). The third kappa shape index (κ3) is 3.24. The minimum absolute atomic E-state index is 0.0235. The Kier molecular flexibility index (Phi) is 4.58. The first-order valence-corrected chi connectivity index (χ1v) is 9.22. The summed E-state index contributed by atoms with van der Waals surface area (Å²) < 4.78 is 20.1. The van der Waals surface area contributed by atoms with Crippen LogP contribution < -0.4 is 9.47 Å². The van der Waals surface area contributed by atoms with Crippen molar-refractivity contribution in [2.24, 2.45) is 7.05 Å². The Balaban J connectivity index is 1.68. The van der Waals surface area contributed by atoms with Crippen LogP contribution >= 0.6 is 0 Å². The number of Topliss-reactive ketones (excluding diaryl/α,β-unsaturated/α-hetero) is 1. The summed E-state index contributed by atoms with van der Waals surface area (Å²) in [6.45, 7) is 4.57. The predicted molar refractivity (Wildman–Crippen MR) is 103 cm³/mol. The van der Waals surface area contributed by atoms with Crippen LogP contribution in [0.3, 0.4) is 0 Å². The quantitative estimate of drug-likeness (QED) is 0.501. The van der Waals surface area contributed by atoms with Gasteiger partial charge >= 0.3 is 5.97 Å². The van der Waals surface area contributed by atoms with Gasteiger partial charge in [0.05, 0.1) is 23.7 Å². The summed E-state index contributed by atoms with van der Waals surface area (Å²) >= 11 is 0. The fraction of sp³-hybridized carbons (Fsp3) is 0.333. The Morgan fingerprint density at radius 1 is 1.07 bits per heavy atom. The molecule has 28 heavy (non-hydrogen) atoms. The van der Waals surface area contributed by atoms with Crippen LogP contribution in [0.5, 0.6) is 11.5 Å². The standard InChI is InChI=1S/C21H22N2O5/c1-13(2)28-21(25)17-11-16-15(6-7-22(16)3)23(17)12-18(24)14-4-5-19-20(10-14)27-9-8-26-19/h4-7,10-11,13H,8-9,12H2,1-3H3. The van der Waals surface area contributed by atoms with Crippen molar-refractivity contribution in [3.05, 3.63) is 47.8 Å². The summed E-state index contributed by atoms with van der Waals surface area (Å²) in [6.07, 6.45) is 1.65. The van der Waals surface area contributed by atoms with Gasteiger partial charge in [-0.05, 0) is 44.2 Å². The SMILES string of the molecule is CC(C)OC(=O)c1cc2c(ccn2C)n1CC(=O)c1ccc2c(c1)OCCO2. The van der Waals surface area contributed by atoms with Gasteiger partial charge < -0.3 is 23.3 Å². The van der Waals surface area contributed by atoms with Gasteiger partial charge in [-0.15, -0.1) is 0 Å². The van der Waals surface area contributed by atoms with E-state index in [1.165, 1.54) is 0 Å². The number of benzene rings is 1. The molecule has 3 aromatic rings. The predicted octanol–water partition coefficient (Wildman–Crippen LogP) is 3.20. The molecule has 0 saturated heterocycles. The van der Waals surface area contributed by atoms with E-state index in [1.807, 2.05) is 23.9 Å². The summed E-state index contributed by atoms with van der Waals surface area (Å²) in [5, 5.41) is 0. The number of rotatable bonds is 5. The number of hydrogen-bond donors (Lipinski definition) is 0. The molecule has 0 saturated carbocycles. The van der Waals surface area contributed by atoms with Gasteiger partial charge in [-0.1, -0.05) is 0 Å². The van der Waals surface area contributed by atoms with Crippen LogP contribution in [0.2, 0.25) is 0 Å². The lowest BCUT2D eigenvalue weighted by Crippen LogP contribution is -2.20. The number of carbonyl (C=O) groups is 2. The molecule has 0 unspecified atom stereocenters. The summed E-state index contributed by atoms with van der Waals surface area (Å²) in [6, 6.07) is 8.79. The van der Waals surface area contributed by atoms with E-state index in [0.29, 0.717) is 36.0 Å². The van der Waals surface area contributed by atoms with Crippen molar-refractivity contribution < 1.29 is 23.8 Å². The fourth-order valence-corrected chi connectivity index (χ4v) is 3.34. The molecular formula is C21H22N2O5. The number of fused-ring (bicyclic) bond motifs is 2. The maximum atomic E-state index is 13.0. The average molecular weight is 382 g/mol. The highest BCUT2D eigenvalue weighted by Crippen LogP contribution is 2.31. The van der Waals surface area contributed by atoms with Gasteiger partial charge in [-0.2, -0.15) is 0 Å². The highest BCUT2D eigenvalue weighted by Gasteiger charge is 2.22. The fourth-order valence-electron chi connectivity index (χ4n) is 3.34. The van der Waals surface area contributed by atoms with Gasteiger partial charge in [-0.3, -0.25) is 4.79 Å². The lowest BCUT2D eigenvalue weighted by Gasteiger charge is -2.18. The summed E-state index contributed by atoms with van der Waals surface area (Å²) in [5.41, 5.74) is 2.54. The van der Waals surface area contributed by atoms with Crippen LogP contribution in [0.15, 0.2) is 36.5 Å². The summed E-state index contributed by atoms with van der Waals surface area (Å²) in [5.74, 6) is 0.627. The molecule has 1 aromatic carbocycles. The molecule has 0 bridgehead atoms. The second-order valence-electron chi connectivity index (χ2n) is 7.05. The number of hydrogen-bond acceptors (Lipinski definition) is 5. The van der Waals surface area contributed by atoms with E-state index in [-0.39, 0.29) is 18.4 Å². The van der Waals surface area contributed by atoms with Crippen molar-refractivity contribution in [3.63, 3.8) is 0 Å². The van der Waals surface area contributed by atoms with Gasteiger partial charge in [0, 0.05) is 18.8 Å². The number of aromatic nitrogens is 2. The molecule has 0 radical (unpaired) electrons. The molecule has 7 heteroatoms. The van der Waals surface area contributed by atoms with Crippen molar-refractivity contribution in [3.8, 4) is 11.5 Å². The second-order valence-corrected chi connectivity index (χ2v) is 7.05. The van der Waals surface area contributed by atoms with Crippen LogP contribution in [0.1, 0.15) is 34.7 Å². The second kappa shape index (κ2) is 7.07. The van der Waals surface area contributed by atoms with Gasteiger partial charge in [0.15, 0.2) is 17.3 Å². The normalized spacial score (nSPS) is 13.1. The van der Waals surface area contributed by atoms with Crippen LogP contribution in [-0.4, -0.2) is 40.2 Å². The van der Waals surface area contributed by atoms with Crippen LogP contribution in [0, 0.1) is 0 Å². The average Bonchev–Trinajstić information content (AvgIpc) is 3.21. The number of aryl methyl sites for hydroxylation is 1. The first-order chi connectivity index (χ1) is 13.4. The number of carbonyl (C=O) groups excluding carboxylic acids is 2. The topological polar surface area (TPSA) is 71.7 Å². The van der Waals surface area contributed by atoms with E-state index in [2.05, 4.69) is 0 Å². The van der Waals surface area contributed by atoms with Crippen LogP contribution in [0.4, 0.5) is 0 Å². The maximum Gasteiger partial charge on any atom is 0.355 e. The van der Waals surface area contributed by atoms with Crippen LogP contribution in [0.25, 0.3) is 11.0 Å². The van der Waals surface area contributed by atoms with Crippen molar-refractivity contribution >= 4 is 22.8 Å². The molecule has 0 atom stereocenters. The van der Waals surface area contributed by atoms with E-state index in [4.69, 9.17) is 14.2 Å². The molecule has 146 valence electrons. The molecule has 0 fully saturated rings. The van der Waals surface area contributed by atoms with Gasteiger partial charge in [-0.25, -0.2) is 4.79 Å². The lowest BCUT2D eigenvalue weighted by atomic mass is 10.1. The molecule has 0 N–H and O–H groups in total. The number of esters is 1. The Labute approximate surface area is 162 Å². The van der Waals surface area contributed by atoms with E-state index in [9.17, 15) is 9.59 Å². The molecular weight excluding hydrogens is 360 g/mol. The minimum Gasteiger partial charge on any atom is -0.486 e. The lowest BCUT2D eigenvalue weighted by molar-refractivity contribution is 0.0366. The molecule has 1 aliphatic rings. The third-order valence-corrected chi connectivity index (χ3v) is 4.67. The number of nitrogens with zero attached hydrogens (tertiary/aromatic N) is 2. The van der Waals surface area contributed by atoms with E-state index in [1.54, 1.807) is 42.7 Å². The smallest absolute Gasteiger partial charge is 0.355 e. The maximum absolute atomic E-state index is 13.0. The van der Waals surface area contributed by atoms with Crippen molar-refractivity contribution in [1.29, 1.82) is 0 Å². The monoisotopic (exact) mass is 382 g/mol. The summed E-state index contributed by atoms with van der Waals surface area (Å²) in [7, 11) is 1.90. The molecule has 2 aromatic heterocycles. The molecule has 3 heterocycles. The van der Waals surface area contributed by atoms with Crippen molar-refractivity contribution in [2.45, 2.75) is 26.5 Å². The van der Waals surface area contributed by atoms with Gasteiger partial charge in [0.25, 0.3) is 0 Å². The Bertz CT molecular complexity index is 1060. The number of ether oxygens (including phenoxy) is 3. The van der Waals surface area contributed by atoms with Gasteiger partial charge in [0.1, 0.15) is 18.9 Å². The zero-order chi connectivity index (χ0) is 19.8. The highest BCUT2D eigenvalue weighted by atomic mass is 16.6. The minimum atomic E-state index is -0.443. The molecule has 7 nitrogen and oxygen atoms in total. The number of ketones is 1. The molecule has 0 aliphatic carbocycles. The first kappa shape index (κ1) is 18.2. The van der Waals surface area contributed by atoms with E-state index < -0.39 is 5.97 Å². The van der Waals surface area contributed by atoms with E-state index in [0.717, 1.165) is 11.0 Å². The zero-order valence-corrected chi connectivity index (χ0v) is 16.1. The van der Waals surface area contributed by atoms with Crippen LogP contribution in [-0.2, 0) is 18.3 Å². The largest absolute Gasteiger partial charge is 0.486 e.